The first-order valence-electron chi connectivity index (χ1n) is 7.22. The van der Waals surface area contributed by atoms with Crippen molar-refractivity contribution < 1.29 is 14.7 Å². The summed E-state index contributed by atoms with van der Waals surface area (Å²) in [7, 11) is 0. The molecule has 0 unspecified atom stereocenters. The Morgan fingerprint density at radius 2 is 2.10 bits per heavy atom. The van der Waals surface area contributed by atoms with Gasteiger partial charge in [0.1, 0.15) is 0 Å². The highest BCUT2D eigenvalue weighted by molar-refractivity contribution is 5.92. The second kappa shape index (κ2) is 7.02. The summed E-state index contributed by atoms with van der Waals surface area (Å²) in [5.74, 6) is -1.08. The fourth-order valence-corrected chi connectivity index (χ4v) is 2.66. The number of carboxylic acids is 1. The van der Waals surface area contributed by atoms with Crippen molar-refractivity contribution in [1.82, 2.24) is 10.3 Å². The molecule has 21 heavy (non-hydrogen) atoms. The van der Waals surface area contributed by atoms with Crippen LogP contribution in [0.15, 0.2) is 30.6 Å². The van der Waals surface area contributed by atoms with Crippen LogP contribution in [0.5, 0.6) is 0 Å². The predicted octanol–water partition coefficient (Wildman–Crippen LogP) is 2.25. The van der Waals surface area contributed by atoms with Gasteiger partial charge in [0.05, 0.1) is 5.41 Å². The Bertz CT molecular complexity index is 520. The minimum Gasteiger partial charge on any atom is -0.481 e. The maximum absolute atomic E-state index is 11.8. The first kappa shape index (κ1) is 15.2. The van der Waals surface area contributed by atoms with Crippen molar-refractivity contribution >= 4 is 18.0 Å². The van der Waals surface area contributed by atoms with E-state index < -0.39 is 11.4 Å². The van der Waals surface area contributed by atoms with Gasteiger partial charge in [-0.05, 0) is 30.5 Å². The van der Waals surface area contributed by atoms with Gasteiger partial charge in [-0.1, -0.05) is 25.3 Å². The lowest BCUT2D eigenvalue weighted by molar-refractivity contribution is -0.150. The summed E-state index contributed by atoms with van der Waals surface area (Å²) in [5, 5.41) is 12.1. The highest BCUT2D eigenvalue weighted by Gasteiger charge is 2.39. The maximum atomic E-state index is 11.8. The summed E-state index contributed by atoms with van der Waals surface area (Å²) in [6, 6.07) is 3.63. The Morgan fingerprint density at radius 3 is 2.71 bits per heavy atom. The lowest BCUT2D eigenvalue weighted by atomic mass is 9.74. The smallest absolute Gasteiger partial charge is 0.311 e. The standard InChI is InChI=1S/C16H20N2O3/c19-14(7-6-13-5-4-10-17-11-13)18-12-16(15(20)21)8-2-1-3-9-16/h4-7,10-11H,1-3,8-9,12H2,(H,18,19)(H,20,21)/b7-6+. The van der Waals surface area contributed by atoms with E-state index in [0.717, 1.165) is 24.8 Å². The summed E-state index contributed by atoms with van der Waals surface area (Å²) < 4.78 is 0. The van der Waals surface area contributed by atoms with E-state index in [2.05, 4.69) is 10.3 Å². The monoisotopic (exact) mass is 288 g/mol. The molecule has 112 valence electrons. The number of pyridine rings is 1. The molecule has 2 rings (SSSR count). The van der Waals surface area contributed by atoms with Crippen molar-refractivity contribution in [3.05, 3.63) is 36.2 Å². The van der Waals surface area contributed by atoms with Crippen LogP contribution in [0.1, 0.15) is 37.7 Å². The third-order valence-electron chi connectivity index (χ3n) is 3.98. The lowest BCUT2D eigenvalue weighted by Crippen LogP contribution is -2.44. The zero-order valence-electron chi connectivity index (χ0n) is 11.9. The zero-order chi connectivity index (χ0) is 15.1. The first-order valence-corrected chi connectivity index (χ1v) is 7.22. The Hall–Kier alpha value is -2.17. The fourth-order valence-electron chi connectivity index (χ4n) is 2.66. The molecule has 5 heteroatoms. The number of hydrogen-bond donors (Lipinski definition) is 2. The van der Waals surface area contributed by atoms with E-state index in [1.54, 1.807) is 24.5 Å². The molecular formula is C16H20N2O3. The van der Waals surface area contributed by atoms with Gasteiger partial charge in [-0.25, -0.2) is 0 Å². The number of carbonyl (C=O) groups excluding carboxylic acids is 1. The summed E-state index contributed by atoms with van der Waals surface area (Å²) in [6.45, 7) is 0.193. The maximum Gasteiger partial charge on any atom is 0.311 e. The number of nitrogens with zero attached hydrogens (tertiary/aromatic N) is 1. The topological polar surface area (TPSA) is 79.3 Å². The minimum atomic E-state index is -0.807. The number of rotatable bonds is 5. The van der Waals surface area contributed by atoms with E-state index in [1.807, 2.05) is 6.07 Å². The molecule has 0 atom stereocenters. The molecule has 1 heterocycles. The van der Waals surface area contributed by atoms with E-state index in [1.165, 1.54) is 6.08 Å². The van der Waals surface area contributed by atoms with Crippen LogP contribution in [-0.4, -0.2) is 28.5 Å². The summed E-state index contributed by atoms with van der Waals surface area (Å²) in [4.78, 5) is 27.3. The average Bonchev–Trinajstić information content (AvgIpc) is 2.52. The van der Waals surface area contributed by atoms with Gasteiger partial charge in [0.15, 0.2) is 0 Å². The van der Waals surface area contributed by atoms with E-state index in [4.69, 9.17) is 0 Å². The number of amides is 1. The molecule has 0 radical (unpaired) electrons. The highest BCUT2D eigenvalue weighted by Crippen LogP contribution is 2.35. The summed E-state index contributed by atoms with van der Waals surface area (Å²) >= 11 is 0. The van der Waals surface area contributed by atoms with Crippen molar-refractivity contribution in [2.24, 2.45) is 5.41 Å². The van der Waals surface area contributed by atoms with Crippen LogP contribution in [0.25, 0.3) is 6.08 Å². The van der Waals surface area contributed by atoms with Gasteiger partial charge >= 0.3 is 5.97 Å². The minimum absolute atomic E-state index is 0.193. The number of hydrogen-bond acceptors (Lipinski definition) is 3. The molecule has 0 saturated heterocycles. The van der Waals surface area contributed by atoms with Crippen molar-refractivity contribution in [3.63, 3.8) is 0 Å². The first-order chi connectivity index (χ1) is 10.1. The van der Waals surface area contributed by atoms with Gasteiger partial charge in [0.25, 0.3) is 0 Å². The van der Waals surface area contributed by atoms with Crippen molar-refractivity contribution in [2.45, 2.75) is 32.1 Å². The normalized spacial score (nSPS) is 17.5. The Balaban J connectivity index is 1.90. The van der Waals surface area contributed by atoms with Gasteiger partial charge < -0.3 is 10.4 Å². The lowest BCUT2D eigenvalue weighted by Gasteiger charge is -2.33. The third-order valence-corrected chi connectivity index (χ3v) is 3.98. The fraction of sp³-hybridized carbons (Fsp3) is 0.438. The second-order valence-corrected chi connectivity index (χ2v) is 5.48. The molecule has 1 saturated carbocycles. The molecule has 1 aliphatic carbocycles. The largest absolute Gasteiger partial charge is 0.481 e. The number of nitrogens with one attached hydrogen (secondary N) is 1. The highest BCUT2D eigenvalue weighted by atomic mass is 16.4. The second-order valence-electron chi connectivity index (χ2n) is 5.48. The van der Waals surface area contributed by atoms with Crippen molar-refractivity contribution in [1.29, 1.82) is 0 Å². The van der Waals surface area contributed by atoms with Crippen LogP contribution in [0.2, 0.25) is 0 Å². The van der Waals surface area contributed by atoms with Crippen LogP contribution < -0.4 is 5.32 Å². The van der Waals surface area contributed by atoms with Crippen LogP contribution >= 0.6 is 0 Å². The molecule has 5 nitrogen and oxygen atoms in total. The zero-order valence-corrected chi connectivity index (χ0v) is 11.9. The molecule has 1 amide bonds. The van der Waals surface area contributed by atoms with Crippen LogP contribution in [-0.2, 0) is 9.59 Å². The molecule has 0 aromatic carbocycles. The van der Waals surface area contributed by atoms with Crippen LogP contribution in [0, 0.1) is 5.41 Å². The third kappa shape index (κ3) is 4.15. The molecular weight excluding hydrogens is 268 g/mol. The quantitative estimate of drug-likeness (QED) is 0.814. The van der Waals surface area contributed by atoms with Crippen LogP contribution in [0.3, 0.4) is 0 Å². The summed E-state index contributed by atoms with van der Waals surface area (Å²) in [5.41, 5.74) is 0.0361. The molecule has 0 aliphatic heterocycles. The van der Waals surface area contributed by atoms with Gasteiger partial charge in [-0.15, -0.1) is 0 Å². The van der Waals surface area contributed by atoms with Gasteiger partial charge in [0.2, 0.25) is 5.91 Å². The number of carbonyl (C=O) groups is 2. The Morgan fingerprint density at radius 1 is 1.33 bits per heavy atom. The van der Waals surface area contributed by atoms with Gasteiger partial charge in [0, 0.05) is 25.0 Å². The molecule has 1 fully saturated rings. The predicted molar refractivity (Wildman–Crippen MR) is 79.4 cm³/mol. The molecule has 0 bridgehead atoms. The Kier molecular flexibility index (Phi) is 5.09. The molecule has 1 aromatic heterocycles. The van der Waals surface area contributed by atoms with Gasteiger partial charge in [-0.3, -0.25) is 14.6 Å². The van der Waals surface area contributed by atoms with E-state index >= 15 is 0 Å². The number of aliphatic carboxylic acids is 1. The molecule has 0 spiro atoms. The number of aromatic nitrogens is 1. The average molecular weight is 288 g/mol. The van der Waals surface area contributed by atoms with Crippen molar-refractivity contribution in [2.75, 3.05) is 6.54 Å². The van der Waals surface area contributed by atoms with Crippen molar-refractivity contribution in [3.8, 4) is 0 Å². The number of carboxylic acid groups (broad SMARTS) is 1. The molecule has 1 aliphatic rings. The molecule has 1 aromatic rings. The molecule has 2 N–H and O–H groups in total. The van der Waals surface area contributed by atoms with E-state index in [0.29, 0.717) is 12.8 Å². The van der Waals surface area contributed by atoms with E-state index in [9.17, 15) is 14.7 Å². The van der Waals surface area contributed by atoms with Crippen LogP contribution in [0.4, 0.5) is 0 Å². The SMILES string of the molecule is O=C(/C=C/c1cccnc1)NCC1(C(=O)O)CCCCC1. The Labute approximate surface area is 124 Å². The van der Waals surface area contributed by atoms with Gasteiger partial charge in [-0.2, -0.15) is 0 Å². The summed E-state index contributed by atoms with van der Waals surface area (Å²) in [6.07, 6.45) is 10.6. The van der Waals surface area contributed by atoms with E-state index in [-0.39, 0.29) is 12.5 Å².